The Bertz CT molecular complexity index is 1180. The second-order valence-electron chi connectivity index (χ2n) is 7.30. The quantitative estimate of drug-likeness (QED) is 0.553. The molecule has 7 nitrogen and oxygen atoms in total. The number of aryl methyl sites for hydroxylation is 1. The fourth-order valence-corrected chi connectivity index (χ4v) is 4.07. The standard InChI is InChI=1S/C22H20Cl2N4O3/c1-12-6-7-16(15(24)8-12)25-19(29)10-18-22(30)26-21-20(13-4-3-5-14(23)9-13)17(11-31-2)27-28(18)21/h3-9,18H,10-11H2,1-2H3,(H,25,29)(H,26,30). The van der Waals surface area contributed by atoms with Gasteiger partial charge in [-0.2, -0.15) is 5.10 Å². The van der Waals surface area contributed by atoms with Crippen LogP contribution in [-0.2, 0) is 20.9 Å². The van der Waals surface area contributed by atoms with Gasteiger partial charge in [-0.1, -0.05) is 41.4 Å². The van der Waals surface area contributed by atoms with Crippen LogP contribution in [0.4, 0.5) is 11.5 Å². The van der Waals surface area contributed by atoms with E-state index in [9.17, 15) is 9.59 Å². The highest BCUT2D eigenvalue weighted by Crippen LogP contribution is 2.39. The average Bonchev–Trinajstić information content (AvgIpc) is 3.19. The first kappa shape index (κ1) is 21.4. The number of nitrogens with one attached hydrogen (secondary N) is 2. The van der Waals surface area contributed by atoms with Crippen LogP contribution in [0.25, 0.3) is 11.1 Å². The molecule has 2 heterocycles. The van der Waals surface area contributed by atoms with Crippen molar-refractivity contribution in [2.24, 2.45) is 0 Å². The maximum atomic E-state index is 12.7. The summed E-state index contributed by atoms with van der Waals surface area (Å²) in [5.41, 5.74) is 3.65. The number of benzene rings is 2. The molecule has 0 bridgehead atoms. The number of hydrogen-bond donors (Lipinski definition) is 2. The monoisotopic (exact) mass is 458 g/mol. The van der Waals surface area contributed by atoms with Crippen LogP contribution >= 0.6 is 23.2 Å². The van der Waals surface area contributed by atoms with E-state index in [0.29, 0.717) is 27.2 Å². The summed E-state index contributed by atoms with van der Waals surface area (Å²) in [7, 11) is 1.57. The van der Waals surface area contributed by atoms with Crippen molar-refractivity contribution in [2.75, 3.05) is 17.7 Å². The summed E-state index contributed by atoms with van der Waals surface area (Å²) in [6.07, 6.45) is -0.0911. The lowest BCUT2D eigenvalue weighted by Crippen LogP contribution is -2.24. The number of carbonyl (C=O) groups is 2. The fraction of sp³-hybridized carbons (Fsp3) is 0.227. The largest absolute Gasteiger partial charge is 0.378 e. The Morgan fingerprint density at radius 2 is 2.06 bits per heavy atom. The third kappa shape index (κ3) is 4.30. The highest BCUT2D eigenvalue weighted by Gasteiger charge is 2.37. The third-order valence-electron chi connectivity index (χ3n) is 4.99. The zero-order valence-corrected chi connectivity index (χ0v) is 18.4. The lowest BCUT2D eigenvalue weighted by molar-refractivity contribution is -0.123. The number of aromatic nitrogens is 2. The molecular weight excluding hydrogens is 439 g/mol. The molecule has 1 aliphatic rings. The van der Waals surface area contributed by atoms with E-state index in [4.69, 9.17) is 27.9 Å². The van der Waals surface area contributed by atoms with Gasteiger partial charge >= 0.3 is 0 Å². The lowest BCUT2D eigenvalue weighted by Gasteiger charge is -2.11. The maximum absolute atomic E-state index is 12.7. The van der Waals surface area contributed by atoms with E-state index in [1.807, 2.05) is 25.1 Å². The van der Waals surface area contributed by atoms with Gasteiger partial charge in [-0.15, -0.1) is 0 Å². The number of fused-ring (bicyclic) bond motifs is 1. The topological polar surface area (TPSA) is 85.2 Å². The Hall–Kier alpha value is -2.87. The molecular formula is C22H20Cl2N4O3. The maximum Gasteiger partial charge on any atom is 0.251 e. The van der Waals surface area contributed by atoms with Gasteiger partial charge in [0.05, 0.1) is 29.4 Å². The predicted molar refractivity (Wildman–Crippen MR) is 120 cm³/mol. The van der Waals surface area contributed by atoms with E-state index >= 15 is 0 Å². The van der Waals surface area contributed by atoms with Crippen molar-refractivity contribution in [3.63, 3.8) is 0 Å². The molecule has 1 aromatic heterocycles. The van der Waals surface area contributed by atoms with Crippen molar-refractivity contribution in [1.82, 2.24) is 9.78 Å². The number of nitrogens with zero attached hydrogens (tertiary/aromatic N) is 2. The van der Waals surface area contributed by atoms with E-state index < -0.39 is 6.04 Å². The first-order chi connectivity index (χ1) is 14.9. The van der Waals surface area contributed by atoms with Gasteiger partial charge in [0.2, 0.25) is 5.91 Å². The molecule has 0 saturated carbocycles. The summed E-state index contributed by atoms with van der Waals surface area (Å²) in [5, 5.41) is 11.2. The summed E-state index contributed by atoms with van der Waals surface area (Å²) in [4.78, 5) is 25.3. The van der Waals surface area contributed by atoms with Crippen LogP contribution in [-0.4, -0.2) is 28.7 Å². The Labute approximate surface area is 189 Å². The summed E-state index contributed by atoms with van der Waals surface area (Å²) in [5.74, 6) is -0.128. The smallest absolute Gasteiger partial charge is 0.251 e. The predicted octanol–water partition coefficient (Wildman–Crippen LogP) is 4.83. The molecule has 0 spiro atoms. The molecule has 1 aliphatic heterocycles. The molecule has 9 heteroatoms. The van der Waals surface area contributed by atoms with Gasteiger partial charge in [0.15, 0.2) is 0 Å². The summed E-state index contributed by atoms with van der Waals surface area (Å²) < 4.78 is 6.83. The third-order valence-corrected chi connectivity index (χ3v) is 5.54. The number of rotatable bonds is 6. The van der Waals surface area contributed by atoms with Crippen molar-refractivity contribution in [1.29, 1.82) is 0 Å². The fourth-order valence-electron chi connectivity index (χ4n) is 3.60. The Morgan fingerprint density at radius 3 is 2.77 bits per heavy atom. The van der Waals surface area contributed by atoms with E-state index in [0.717, 1.165) is 16.7 Å². The average molecular weight is 459 g/mol. The molecule has 0 fully saturated rings. The number of anilines is 2. The van der Waals surface area contributed by atoms with E-state index in [1.54, 1.807) is 36.1 Å². The molecule has 0 saturated heterocycles. The molecule has 0 radical (unpaired) electrons. The van der Waals surface area contributed by atoms with Gasteiger partial charge in [-0.25, -0.2) is 4.68 Å². The number of amides is 2. The van der Waals surface area contributed by atoms with Gasteiger partial charge < -0.3 is 15.4 Å². The van der Waals surface area contributed by atoms with Crippen LogP contribution in [0.3, 0.4) is 0 Å². The zero-order valence-electron chi connectivity index (χ0n) is 16.9. The molecule has 3 aromatic rings. The van der Waals surface area contributed by atoms with Crippen LogP contribution in [0.1, 0.15) is 23.7 Å². The summed E-state index contributed by atoms with van der Waals surface area (Å²) in [6.45, 7) is 2.16. The van der Waals surface area contributed by atoms with Gasteiger partial charge in [0.25, 0.3) is 5.91 Å². The minimum absolute atomic E-state index is 0.0911. The first-order valence-electron chi connectivity index (χ1n) is 9.60. The summed E-state index contributed by atoms with van der Waals surface area (Å²) in [6, 6.07) is 11.8. The van der Waals surface area contributed by atoms with E-state index in [-0.39, 0.29) is 24.8 Å². The first-order valence-corrected chi connectivity index (χ1v) is 10.4. The molecule has 31 heavy (non-hydrogen) atoms. The van der Waals surface area contributed by atoms with Crippen LogP contribution in [0, 0.1) is 6.92 Å². The molecule has 2 N–H and O–H groups in total. The second kappa shape index (κ2) is 8.70. The number of carbonyl (C=O) groups excluding carboxylic acids is 2. The van der Waals surface area contributed by atoms with Gasteiger partial charge in [0, 0.05) is 17.7 Å². The lowest BCUT2D eigenvalue weighted by atomic mass is 10.1. The van der Waals surface area contributed by atoms with Crippen LogP contribution in [0.2, 0.25) is 10.0 Å². The van der Waals surface area contributed by atoms with Crippen molar-refractivity contribution in [3.8, 4) is 11.1 Å². The van der Waals surface area contributed by atoms with Gasteiger partial charge in [0.1, 0.15) is 11.9 Å². The minimum atomic E-state index is -0.789. The molecule has 160 valence electrons. The number of methoxy groups -OCH3 is 1. The molecule has 2 amide bonds. The van der Waals surface area contributed by atoms with Crippen molar-refractivity contribution >= 4 is 46.5 Å². The molecule has 1 atom stereocenters. The Morgan fingerprint density at radius 1 is 1.26 bits per heavy atom. The highest BCUT2D eigenvalue weighted by atomic mass is 35.5. The van der Waals surface area contributed by atoms with E-state index in [2.05, 4.69) is 15.7 Å². The Balaban J connectivity index is 1.63. The molecule has 2 aromatic carbocycles. The van der Waals surface area contributed by atoms with Crippen LogP contribution in [0.15, 0.2) is 42.5 Å². The molecule has 1 unspecified atom stereocenters. The van der Waals surface area contributed by atoms with Crippen molar-refractivity contribution in [3.05, 3.63) is 63.8 Å². The van der Waals surface area contributed by atoms with Gasteiger partial charge in [-0.3, -0.25) is 9.59 Å². The molecule has 0 aliphatic carbocycles. The van der Waals surface area contributed by atoms with Crippen molar-refractivity contribution < 1.29 is 14.3 Å². The van der Waals surface area contributed by atoms with E-state index in [1.165, 1.54) is 0 Å². The van der Waals surface area contributed by atoms with Gasteiger partial charge in [-0.05, 0) is 42.3 Å². The highest BCUT2D eigenvalue weighted by molar-refractivity contribution is 6.33. The minimum Gasteiger partial charge on any atom is -0.378 e. The van der Waals surface area contributed by atoms with Crippen LogP contribution < -0.4 is 10.6 Å². The number of ether oxygens (including phenoxy) is 1. The zero-order chi connectivity index (χ0) is 22.1. The van der Waals surface area contributed by atoms with Crippen molar-refractivity contribution in [2.45, 2.75) is 26.0 Å². The molecule has 4 rings (SSSR count). The SMILES string of the molecule is COCc1nn2c(c1-c1cccc(Cl)c1)NC(=O)C2CC(=O)Nc1ccc(C)cc1Cl. The second-order valence-corrected chi connectivity index (χ2v) is 8.14. The normalized spacial score (nSPS) is 15.0. The van der Waals surface area contributed by atoms with Crippen LogP contribution in [0.5, 0.6) is 0 Å². The number of hydrogen-bond acceptors (Lipinski definition) is 4. The number of halogens is 2. The summed E-state index contributed by atoms with van der Waals surface area (Å²) >= 11 is 12.4. The Kier molecular flexibility index (Phi) is 6.00.